The standard InChI is InChI=1S/C13H18BrN/c1-10-7-13(14)6-5-12(10)9-15-8-11-3-2-4-11/h5-7,11,15H,2-4,8-9H2,1H3. The van der Waals surface area contributed by atoms with E-state index in [9.17, 15) is 0 Å². The maximum absolute atomic E-state index is 3.55. The van der Waals surface area contributed by atoms with E-state index in [1.165, 1.54) is 41.4 Å². The molecule has 0 amide bonds. The van der Waals surface area contributed by atoms with Crippen molar-refractivity contribution in [3.05, 3.63) is 33.8 Å². The number of benzene rings is 1. The van der Waals surface area contributed by atoms with Gasteiger partial charge in [0, 0.05) is 11.0 Å². The van der Waals surface area contributed by atoms with Crippen LogP contribution in [0.3, 0.4) is 0 Å². The van der Waals surface area contributed by atoms with Gasteiger partial charge in [0.1, 0.15) is 0 Å². The molecule has 0 aromatic heterocycles. The zero-order valence-electron chi connectivity index (χ0n) is 9.22. The third-order valence-corrected chi connectivity index (χ3v) is 3.77. The zero-order valence-corrected chi connectivity index (χ0v) is 10.8. The lowest BCUT2D eigenvalue weighted by Gasteiger charge is -2.25. The fourth-order valence-corrected chi connectivity index (χ4v) is 2.44. The van der Waals surface area contributed by atoms with Crippen LogP contribution in [0.2, 0.25) is 0 Å². The Hall–Kier alpha value is -0.340. The smallest absolute Gasteiger partial charge is 0.0208 e. The van der Waals surface area contributed by atoms with Gasteiger partial charge in [-0.25, -0.2) is 0 Å². The molecule has 2 rings (SSSR count). The molecule has 0 aliphatic heterocycles. The van der Waals surface area contributed by atoms with Crippen LogP contribution < -0.4 is 5.32 Å². The molecule has 0 radical (unpaired) electrons. The Morgan fingerprint density at radius 1 is 1.40 bits per heavy atom. The molecule has 1 fully saturated rings. The third-order valence-electron chi connectivity index (χ3n) is 3.28. The zero-order chi connectivity index (χ0) is 10.7. The van der Waals surface area contributed by atoms with Gasteiger partial charge in [0.25, 0.3) is 0 Å². The second kappa shape index (κ2) is 5.13. The van der Waals surface area contributed by atoms with Crippen LogP contribution in [0.4, 0.5) is 0 Å². The number of hydrogen-bond acceptors (Lipinski definition) is 1. The molecule has 1 aliphatic rings. The van der Waals surface area contributed by atoms with Crippen molar-refractivity contribution in [1.29, 1.82) is 0 Å². The molecule has 0 atom stereocenters. The van der Waals surface area contributed by atoms with Crippen LogP contribution in [0.1, 0.15) is 30.4 Å². The Labute approximate surface area is 100 Å². The molecule has 2 heteroatoms. The van der Waals surface area contributed by atoms with Crippen LogP contribution >= 0.6 is 15.9 Å². The molecule has 82 valence electrons. The summed E-state index contributed by atoms with van der Waals surface area (Å²) in [6, 6.07) is 6.50. The van der Waals surface area contributed by atoms with Gasteiger partial charge in [-0.15, -0.1) is 0 Å². The molecule has 1 N–H and O–H groups in total. The van der Waals surface area contributed by atoms with E-state index in [-0.39, 0.29) is 0 Å². The molecule has 1 aromatic rings. The summed E-state index contributed by atoms with van der Waals surface area (Å²) < 4.78 is 1.17. The van der Waals surface area contributed by atoms with Crippen molar-refractivity contribution in [1.82, 2.24) is 5.32 Å². The molecule has 1 aromatic carbocycles. The molecule has 0 saturated heterocycles. The first kappa shape index (κ1) is 11.2. The van der Waals surface area contributed by atoms with Gasteiger partial charge >= 0.3 is 0 Å². The Balaban J connectivity index is 1.81. The fraction of sp³-hybridized carbons (Fsp3) is 0.538. The van der Waals surface area contributed by atoms with Gasteiger partial charge in [0.05, 0.1) is 0 Å². The number of hydrogen-bond donors (Lipinski definition) is 1. The van der Waals surface area contributed by atoms with Crippen LogP contribution in [0.15, 0.2) is 22.7 Å². The van der Waals surface area contributed by atoms with Crippen molar-refractivity contribution in [3.63, 3.8) is 0 Å². The van der Waals surface area contributed by atoms with Crippen LogP contribution in [-0.2, 0) is 6.54 Å². The van der Waals surface area contributed by atoms with Gasteiger partial charge in [-0.05, 0) is 55.5 Å². The minimum absolute atomic E-state index is 0.945. The van der Waals surface area contributed by atoms with Crippen molar-refractivity contribution in [2.75, 3.05) is 6.54 Å². The second-order valence-corrected chi connectivity index (χ2v) is 5.41. The summed E-state index contributed by atoms with van der Waals surface area (Å²) in [5, 5.41) is 3.55. The maximum atomic E-state index is 3.55. The predicted molar refractivity (Wildman–Crippen MR) is 67.9 cm³/mol. The fourth-order valence-electron chi connectivity index (χ4n) is 1.97. The SMILES string of the molecule is Cc1cc(Br)ccc1CNCC1CCC1. The lowest BCUT2D eigenvalue weighted by molar-refractivity contribution is 0.301. The third kappa shape index (κ3) is 3.05. The Morgan fingerprint density at radius 3 is 2.80 bits per heavy atom. The molecule has 1 nitrogen and oxygen atoms in total. The van der Waals surface area contributed by atoms with Crippen molar-refractivity contribution in [2.45, 2.75) is 32.7 Å². The van der Waals surface area contributed by atoms with Crippen molar-refractivity contribution in [2.24, 2.45) is 5.92 Å². The minimum atomic E-state index is 0.945. The normalized spacial score (nSPS) is 16.4. The van der Waals surface area contributed by atoms with E-state index in [4.69, 9.17) is 0 Å². The van der Waals surface area contributed by atoms with Gasteiger partial charge in [0.15, 0.2) is 0 Å². The molecule has 0 bridgehead atoms. The van der Waals surface area contributed by atoms with E-state index in [1.54, 1.807) is 0 Å². The average Bonchev–Trinajstić information content (AvgIpc) is 2.12. The van der Waals surface area contributed by atoms with E-state index in [2.05, 4.69) is 46.4 Å². The van der Waals surface area contributed by atoms with Crippen molar-refractivity contribution in [3.8, 4) is 0 Å². The first-order chi connectivity index (χ1) is 7.25. The summed E-state index contributed by atoms with van der Waals surface area (Å²) in [6.45, 7) is 4.37. The summed E-state index contributed by atoms with van der Waals surface area (Å²) in [5.41, 5.74) is 2.78. The average molecular weight is 268 g/mol. The van der Waals surface area contributed by atoms with Gasteiger partial charge in [-0.2, -0.15) is 0 Å². The number of rotatable bonds is 4. The molecule has 1 aliphatic carbocycles. The van der Waals surface area contributed by atoms with Gasteiger partial charge in [0.2, 0.25) is 0 Å². The summed E-state index contributed by atoms with van der Waals surface area (Å²) in [5.74, 6) is 0.945. The van der Waals surface area contributed by atoms with E-state index >= 15 is 0 Å². The molecular formula is C13H18BrN. The summed E-state index contributed by atoms with van der Waals surface area (Å²) in [4.78, 5) is 0. The van der Waals surface area contributed by atoms with Crippen LogP contribution in [0.25, 0.3) is 0 Å². The summed E-state index contributed by atoms with van der Waals surface area (Å²) in [7, 11) is 0. The Bertz CT molecular complexity index is 331. The molecule has 0 spiro atoms. The highest BCUT2D eigenvalue weighted by Gasteiger charge is 2.16. The molecule has 0 heterocycles. The number of aryl methyl sites for hydroxylation is 1. The van der Waals surface area contributed by atoms with Crippen molar-refractivity contribution >= 4 is 15.9 Å². The lowest BCUT2D eigenvalue weighted by atomic mass is 9.85. The number of nitrogens with one attached hydrogen (secondary N) is 1. The van der Waals surface area contributed by atoms with E-state index in [1.807, 2.05) is 0 Å². The quantitative estimate of drug-likeness (QED) is 0.879. The molecular weight excluding hydrogens is 250 g/mol. The first-order valence-corrected chi connectivity index (χ1v) is 6.51. The molecule has 15 heavy (non-hydrogen) atoms. The summed E-state index contributed by atoms with van der Waals surface area (Å²) >= 11 is 3.49. The maximum Gasteiger partial charge on any atom is 0.0208 e. The Kier molecular flexibility index (Phi) is 3.81. The van der Waals surface area contributed by atoms with Crippen LogP contribution in [0.5, 0.6) is 0 Å². The van der Waals surface area contributed by atoms with E-state index in [0.29, 0.717) is 0 Å². The largest absolute Gasteiger partial charge is 0.312 e. The lowest BCUT2D eigenvalue weighted by Crippen LogP contribution is -2.27. The van der Waals surface area contributed by atoms with E-state index < -0.39 is 0 Å². The highest BCUT2D eigenvalue weighted by molar-refractivity contribution is 9.10. The number of halogens is 1. The highest BCUT2D eigenvalue weighted by atomic mass is 79.9. The minimum Gasteiger partial charge on any atom is -0.312 e. The summed E-state index contributed by atoms with van der Waals surface area (Å²) in [6.07, 6.45) is 4.28. The van der Waals surface area contributed by atoms with Gasteiger partial charge in [-0.1, -0.05) is 28.4 Å². The molecule has 0 unspecified atom stereocenters. The highest BCUT2D eigenvalue weighted by Crippen LogP contribution is 2.25. The first-order valence-electron chi connectivity index (χ1n) is 5.71. The second-order valence-electron chi connectivity index (χ2n) is 4.50. The molecule has 1 saturated carbocycles. The Morgan fingerprint density at radius 2 is 2.20 bits per heavy atom. The van der Waals surface area contributed by atoms with Gasteiger partial charge < -0.3 is 5.32 Å². The van der Waals surface area contributed by atoms with Crippen molar-refractivity contribution < 1.29 is 0 Å². The topological polar surface area (TPSA) is 12.0 Å². The predicted octanol–water partition coefficient (Wildman–Crippen LogP) is 3.65. The van der Waals surface area contributed by atoms with Gasteiger partial charge in [-0.3, -0.25) is 0 Å². The monoisotopic (exact) mass is 267 g/mol. The van der Waals surface area contributed by atoms with Crippen LogP contribution in [0, 0.1) is 12.8 Å². The van der Waals surface area contributed by atoms with E-state index in [0.717, 1.165) is 12.5 Å². The van der Waals surface area contributed by atoms with Crippen LogP contribution in [-0.4, -0.2) is 6.54 Å².